The minimum atomic E-state index is -1.23. The predicted octanol–water partition coefficient (Wildman–Crippen LogP) is 4.75. The van der Waals surface area contributed by atoms with Crippen LogP contribution in [0.3, 0.4) is 0 Å². The minimum absolute atomic E-state index is 0.121. The van der Waals surface area contributed by atoms with Gasteiger partial charge in [0, 0.05) is 31.3 Å². The topological polar surface area (TPSA) is 68.3 Å². The molecule has 3 aromatic rings. The molecule has 1 aliphatic heterocycles. The van der Waals surface area contributed by atoms with Crippen LogP contribution in [0.15, 0.2) is 59.5 Å². The third kappa shape index (κ3) is 5.06. The number of rotatable bonds is 6. The summed E-state index contributed by atoms with van der Waals surface area (Å²) in [6, 6.07) is 15.8. The van der Waals surface area contributed by atoms with Crippen molar-refractivity contribution in [2.24, 2.45) is 0 Å². The first-order valence-corrected chi connectivity index (χ1v) is 12.1. The standard InChI is InChI=1S/C24H23ClFN3O2S/c1-2-32(31)18-9-7-16(20(26)14-18)13-24(30)28-23-10-8-17-15-29(12-11-21(17)27-23)22-6-4-3-5-19(22)25/h3-10,14H,2,11-13,15H2,1H3,(H,27,28,30). The fraction of sp³-hybridized carbons (Fsp3) is 0.250. The van der Waals surface area contributed by atoms with Crippen LogP contribution in [0.4, 0.5) is 15.9 Å². The largest absolute Gasteiger partial charge is 0.611 e. The van der Waals surface area contributed by atoms with Crippen molar-refractivity contribution in [3.8, 4) is 0 Å². The average Bonchev–Trinajstić information content (AvgIpc) is 2.80. The van der Waals surface area contributed by atoms with Crippen molar-refractivity contribution in [1.82, 2.24) is 4.98 Å². The molecular weight excluding hydrogens is 449 g/mol. The van der Waals surface area contributed by atoms with E-state index in [-0.39, 0.29) is 17.9 Å². The summed E-state index contributed by atoms with van der Waals surface area (Å²) >= 11 is 5.10. The van der Waals surface area contributed by atoms with Crippen LogP contribution in [0, 0.1) is 5.82 Å². The summed E-state index contributed by atoms with van der Waals surface area (Å²) in [5.74, 6) is -0.0184. The summed E-state index contributed by atoms with van der Waals surface area (Å²) in [5.41, 5.74) is 3.27. The van der Waals surface area contributed by atoms with E-state index in [4.69, 9.17) is 11.6 Å². The number of hydrogen-bond acceptors (Lipinski definition) is 4. The molecule has 4 rings (SSSR count). The van der Waals surface area contributed by atoms with Crippen molar-refractivity contribution >= 4 is 40.2 Å². The summed E-state index contributed by atoms with van der Waals surface area (Å²) in [5, 5.41) is 3.47. The number of aromatic nitrogens is 1. The van der Waals surface area contributed by atoms with Gasteiger partial charge < -0.3 is 14.8 Å². The Bertz CT molecular complexity index is 1140. The van der Waals surface area contributed by atoms with E-state index in [1.165, 1.54) is 12.1 Å². The Labute approximate surface area is 194 Å². The predicted molar refractivity (Wildman–Crippen MR) is 126 cm³/mol. The Morgan fingerprint density at radius 1 is 1.25 bits per heavy atom. The first-order chi connectivity index (χ1) is 15.4. The monoisotopic (exact) mass is 471 g/mol. The highest BCUT2D eigenvalue weighted by Gasteiger charge is 2.20. The van der Waals surface area contributed by atoms with E-state index in [9.17, 15) is 13.7 Å². The van der Waals surface area contributed by atoms with E-state index in [1.54, 1.807) is 19.1 Å². The van der Waals surface area contributed by atoms with Crippen LogP contribution in [0.1, 0.15) is 23.7 Å². The van der Waals surface area contributed by atoms with Gasteiger partial charge in [-0.25, -0.2) is 9.37 Å². The molecule has 2 aromatic carbocycles. The Morgan fingerprint density at radius 3 is 2.81 bits per heavy atom. The molecule has 0 fully saturated rings. The van der Waals surface area contributed by atoms with Crippen molar-refractivity contribution in [1.29, 1.82) is 0 Å². The Kier molecular flexibility index (Phi) is 6.98. The number of fused-ring (bicyclic) bond motifs is 1. The van der Waals surface area contributed by atoms with Crippen molar-refractivity contribution in [2.45, 2.75) is 31.2 Å². The van der Waals surface area contributed by atoms with E-state index in [0.29, 0.717) is 28.0 Å². The van der Waals surface area contributed by atoms with Gasteiger partial charge in [0.1, 0.15) is 17.4 Å². The van der Waals surface area contributed by atoms with Gasteiger partial charge in [0.05, 0.1) is 17.1 Å². The third-order valence-corrected chi connectivity index (χ3v) is 7.03. The number of nitrogens with one attached hydrogen (secondary N) is 1. The zero-order chi connectivity index (χ0) is 22.7. The third-order valence-electron chi connectivity index (χ3n) is 5.41. The van der Waals surface area contributed by atoms with Crippen LogP contribution >= 0.6 is 11.6 Å². The van der Waals surface area contributed by atoms with Crippen LogP contribution in [0.5, 0.6) is 0 Å². The lowest BCUT2D eigenvalue weighted by molar-refractivity contribution is -0.115. The maximum Gasteiger partial charge on any atom is 0.230 e. The molecule has 1 unspecified atom stereocenters. The quantitative estimate of drug-likeness (QED) is 0.527. The van der Waals surface area contributed by atoms with Gasteiger partial charge in [0.15, 0.2) is 4.90 Å². The molecular formula is C24H23ClFN3O2S. The van der Waals surface area contributed by atoms with Gasteiger partial charge in [-0.1, -0.05) is 35.9 Å². The van der Waals surface area contributed by atoms with Crippen LogP contribution in [-0.4, -0.2) is 27.7 Å². The highest BCUT2D eigenvalue weighted by atomic mass is 35.5. The highest BCUT2D eigenvalue weighted by molar-refractivity contribution is 7.91. The lowest BCUT2D eigenvalue weighted by Gasteiger charge is -2.31. The number of para-hydroxylation sites is 1. The van der Waals surface area contributed by atoms with Crippen molar-refractivity contribution in [3.63, 3.8) is 0 Å². The SMILES string of the molecule is CC[S+]([O-])c1ccc(CC(=O)Nc2ccc3c(n2)CCN(c2ccccc2Cl)C3)c(F)c1. The van der Waals surface area contributed by atoms with Gasteiger partial charge in [-0.05, 0) is 53.5 Å². The van der Waals surface area contributed by atoms with Crippen LogP contribution in [0.2, 0.25) is 5.02 Å². The summed E-state index contributed by atoms with van der Waals surface area (Å²) < 4.78 is 26.2. The normalized spacial score (nSPS) is 14.1. The number of pyridine rings is 1. The van der Waals surface area contributed by atoms with Crippen LogP contribution in [0.25, 0.3) is 0 Å². The molecule has 0 bridgehead atoms. The molecule has 5 nitrogen and oxygen atoms in total. The molecule has 2 heterocycles. The number of carbonyl (C=O) groups excluding carboxylic acids is 1. The van der Waals surface area contributed by atoms with E-state index >= 15 is 0 Å². The molecule has 1 N–H and O–H groups in total. The summed E-state index contributed by atoms with van der Waals surface area (Å²) in [6.45, 7) is 3.24. The van der Waals surface area contributed by atoms with E-state index in [1.807, 2.05) is 30.3 Å². The molecule has 1 amide bonds. The number of amides is 1. The molecule has 1 atom stereocenters. The summed E-state index contributed by atoms with van der Waals surface area (Å²) in [4.78, 5) is 19.7. The second kappa shape index (κ2) is 9.90. The highest BCUT2D eigenvalue weighted by Crippen LogP contribution is 2.30. The van der Waals surface area contributed by atoms with E-state index in [0.717, 1.165) is 29.9 Å². The first kappa shape index (κ1) is 22.6. The average molecular weight is 472 g/mol. The lowest BCUT2D eigenvalue weighted by Crippen LogP contribution is -2.31. The van der Waals surface area contributed by atoms with Gasteiger partial charge in [-0.15, -0.1) is 0 Å². The molecule has 0 saturated heterocycles. The van der Waals surface area contributed by atoms with Crippen molar-refractivity contribution in [3.05, 3.63) is 82.3 Å². The molecule has 166 valence electrons. The second-order valence-corrected chi connectivity index (χ2v) is 9.68. The minimum Gasteiger partial charge on any atom is -0.611 e. The zero-order valence-electron chi connectivity index (χ0n) is 17.6. The Hall–Kier alpha value is -2.61. The molecule has 0 aliphatic carbocycles. The first-order valence-electron chi connectivity index (χ1n) is 10.4. The number of nitrogens with zero attached hydrogens (tertiary/aromatic N) is 2. The lowest BCUT2D eigenvalue weighted by atomic mass is 10.0. The Morgan fingerprint density at radius 2 is 2.06 bits per heavy atom. The zero-order valence-corrected chi connectivity index (χ0v) is 19.2. The van der Waals surface area contributed by atoms with E-state index < -0.39 is 17.0 Å². The van der Waals surface area contributed by atoms with Gasteiger partial charge >= 0.3 is 0 Å². The molecule has 1 aliphatic rings. The van der Waals surface area contributed by atoms with Crippen molar-refractivity contribution < 1.29 is 13.7 Å². The van der Waals surface area contributed by atoms with Gasteiger partial charge in [-0.2, -0.15) is 0 Å². The fourth-order valence-electron chi connectivity index (χ4n) is 3.74. The number of hydrogen-bond donors (Lipinski definition) is 1. The summed E-state index contributed by atoms with van der Waals surface area (Å²) in [7, 11) is 0. The molecule has 0 spiro atoms. The number of halogens is 2. The molecule has 32 heavy (non-hydrogen) atoms. The molecule has 1 aromatic heterocycles. The fourth-order valence-corrected chi connectivity index (χ4v) is 4.78. The summed E-state index contributed by atoms with van der Waals surface area (Å²) in [6.07, 6.45) is 0.610. The Balaban J connectivity index is 1.41. The van der Waals surface area contributed by atoms with Crippen LogP contribution < -0.4 is 10.2 Å². The smallest absolute Gasteiger partial charge is 0.230 e. The van der Waals surface area contributed by atoms with Gasteiger partial charge in [-0.3, -0.25) is 4.79 Å². The molecule has 8 heteroatoms. The molecule has 0 radical (unpaired) electrons. The molecule has 0 saturated carbocycles. The number of carbonyl (C=O) groups is 1. The number of anilines is 2. The second-order valence-electron chi connectivity index (χ2n) is 7.54. The van der Waals surface area contributed by atoms with Gasteiger partial charge in [0.25, 0.3) is 0 Å². The van der Waals surface area contributed by atoms with Crippen molar-refractivity contribution in [2.75, 3.05) is 22.5 Å². The van der Waals surface area contributed by atoms with Crippen LogP contribution in [-0.2, 0) is 35.4 Å². The van der Waals surface area contributed by atoms with Gasteiger partial charge in [0.2, 0.25) is 5.91 Å². The maximum absolute atomic E-state index is 14.3. The van der Waals surface area contributed by atoms with E-state index in [2.05, 4.69) is 15.2 Å². The maximum atomic E-state index is 14.3. The number of benzene rings is 2.